The monoisotopic (exact) mass is 1140 g/mol. The Balaban J connectivity index is 4.08. The second-order valence-electron chi connectivity index (χ2n) is 24.8. The number of rotatable bonds is 65. The van der Waals surface area contributed by atoms with Crippen molar-refractivity contribution in [3.8, 4) is 0 Å². The predicted octanol–water partition coefficient (Wildman–Crippen LogP) is 21.4. The lowest BCUT2D eigenvalue weighted by Crippen LogP contribution is -2.40. The van der Waals surface area contributed by atoms with Crippen molar-refractivity contribution in [1.29, 1.82) is 0 Å². The molecular weight excluding hydrogens is 1010 g/mol. The first-order chi connectivity index (χ1) is 39.6. The number of aliphatic carboxylic acids is 1. The van der Waals surface area contributed by atoms with Gasteiger partial charge in [0.25, 0.3) is 6.29 Å². The van der Waals surface area contributed by atoms with E-state index in [0.717, 1.165) is 64.2 Å². The number of allylic oxidation sites excluding steroid dienone is 8. The van der Waals surface area contributed by atoms with Gasteiger partial charge in [-0.15, -0.1) is 0 Å². The Morgan fingerprint density at radius 1 is 0.383 bits per heavy atom. The van der Waals surface area contributed by atoms with E-state index < -0.39 is 18.4 Å². The van der Waals surface area contributed by atoms with Crippen molar-refractivity contribution in [3.05, 3.63) is 48.6 Å². The number of quaternary nitrogens is 1. The number of carbonyl (C=O) groups is 3. The lowest BCUT2D eigenvalue weighted by atomic mass is 10.0. The number of nitrogens with zero attached hydrogens (tertiary/aromatic N) is 1. The number of carboxylic acid groups (broad SMARTS) is 1. The second kappa shape index (κ2) is 63.3. The molecule has 0 spiro atoms. The molecule has 81 heavy (non-hydrogen) atoms. The molecule has 0 aromatic carbocycles. The number of carboxylic acids is 1. The topological polar surface area (TPSA) is 108 Å². The average molecular weight is 1140 g/mol. The maximum atomic E-state index is 12.9. The molecule has 0 aliphatic heterocycles. The molecule has 0 heterocycles. The molecule has 1 N–H and O–H groups in total. The van der Waals surface area contributed by atoms with Crippen LogP contribution in [0.2, 0.25) is 0 Å². The quantitative estimate of drug-likeness (QED) is 0.0211. The van der Waals surface area contributed by atoms with Crippen molar-refractivity contribution in [2.45, 2.75) is 347 Å². The van der Waals surface area contributed by atoms with Gasteiger partial charge >= 0.3 is 17.9 Å². The van der Waals surface area contributed by atoms with E-state index in [0.29, 0.717) is 17.4 Å². The molecule has 0 saturated carbocycles. The van der Waals surface area contributed by atoms with Gasteiger partial charge in [0.05, 0.1) is 34.4 Å². The summed E-state index contributed by atoms with van der Waals surface area (Å²) in [6.07, 6.45) is 78.0. The first-order valence-corrected chi connectivity index (χ1v) is 34.8. The zero-order valence-corrected chi connectivity index (χ0v) is 54.2. The summed E-state index contributed by atoms with van der Waals surface area (Å²) in [4.78, 5) is 37.6. The van der Waals surface area contributed by atoms with Gasteiger partial charge in [-0.05, 0) is 51.4 Å². The third kappa shape index (κ3) is 64.7. The Bertz CT molecular complexity index is 1470. The Kier molecular flexibility index (Phi) is 61.1. The van der Waals surface area contributed by atoms with E-state index in [1.54, 1.807) is 0 Å². The Hall–Kier alpha value is -2.75. The van der Waals surface area contributed by atoms with Gasteiger partial charge in [0.2, 0.25) is 0 Å². The third-order valence-electron chi connectivity index (χ3n) is 15.6. The Morgan fingerprint density at radius 2 is 0.704 bits per heavy atom. The minimum Gasteiger partial charge on any atom is -0.477 e. The van der Waals surface area contributed by atoms with Gasteiger partial charge in [-0.25, -0.2) is 4.79 Å². The van der Waals surface area contributed by atoms with Crippen molar-refractivity contribution < 1.29 is 42.9 Å². The number of esters is 2. The first kappa shape index (κ1) is 78.2. The molecule has 2 unspecified atom stereocenters. The Labute approximate surface area is 502 Å². The highest BCUT2D eigenvalue weighted by molar-refractivity contribution is 5.71. The highest BCUT2D eigenvalue weighted by Crippen LogP contribution is 2.19. The zero-order chi connectivity index (χ0) is 59.1. The summed E-state index contributed by atoms with van der Waals surface area (Å²) in [5, 5.41) is 9.74. The number of hydrogen-bond donors (Lipinski definition) is 1. The van der Waals surface area contributed by atoms with Gasteiger partial charge in [-0.2, -0.15) is 0 Å². The largest absolute Gasteiger partial charge is 0.477 e. The summed E-state index contributed by atoms with van der Waals surface area (Å²) in [7, 11) is 5.99. The maximum Gasteiger partial charge on any atom is 0.361 e. The Morgan fingerprint density at radius 3 is 1.05 bits per heavy atom. The number of likely N-dealkylation sites (N-methyl/N-ethyl adjacent to an activating group) is 1. The molecular formula is C72H134NO8+. The van der Waals surface area contributed by atoms with Gasteiger partial charge in [-0.3, -0.25) is 9.59 Å². The average Bonchev–Trinajstić information content (AvgIpc) is 3.44. The molecule has 0 saturated heterocycles. The fourth-order valence-corrected chi connectivity index (χ4v) is 10.3. The third-order valence-corrected chi connectivity index (χ3v) is 15.6. The van der Waals surface area contributed by atoms with Gasteiger partial charge in [0.15, 0.2) is 6.10 Å². The molecule has 0 bridgehead atoms. The SMILES string of the molecule is CC/C=C\C/C=C\C/C=C\C/C=C\CCCCCCCCCCCCCCCCC(=O)OC(COC(=O)CCCCCCCCCCCCCCCCCCCCCCCCCCCCCCC)COC(OCC[N+](C)(C)C)C(=O)O. The summed E-state index contributed by atoms with van der Waals surface area (Å²) in [5.41, 5.74) is 0. The van der Waals surface area contributed by atoms with Crippen LogP contribution in [0.4, 0.5) is 0 Å². The molecule has 9 nitrogen and oxygen atoms in total. The molecule has 9 heteroatoms. The molecule has 0 fully saturated rings. The highest BCUT2D eigenvalue weighted by atomic mass is 16.7. The van der Waals surface area contributed by atoms with Gasteiger partial charge in [-0.1, -0.05) is 319 Å². The fourth-order valence-electron chi connectivity index (χ4n) is 10.3. The van der Waals surface area contributed by atoms with E-state index in [1.165, 1.54) is 244 Å². The van der Waals surface area contributed by atoms with E-state index in [4.69, 9.17) is 18.9 Å². The van der Waals surface area contributed by atoms with Crippen LogP contribution in [0.3, 0.4) is 0 Å². The van der Waals surface area contributed by atoms with E-state index in [2.05, 4.69) is 62.5 Å². The maximum absolute atomic E-state index is 12.9. The van der Waals surface area contributed by atoms with E-state index in [1.807, 2.05) is 21.1 Å². The van der Waals surface area contributed by atoms with Crippen LogP contribution in [0.15, 0.2) is 48.6 Å². The number of unbranched alkanes of at least 4 members (excludes halogenated alkanes) is 42. The lowest BCUT2D eigenvalue weighted by Gasteiger charge is -2.25. The van der Waals surface area contributed by atoms with E-state index in [-0.39, 0.29) is 38.2 Å². The second-order valence-corrected chi connectivity index (χ2v) is 24.8. The van der Waals surface area contributed by atoms with E-state index >= 15 is 0 Å². The molecule has 0 rings (SSSR count). The lowest BCUT2D eigenvalue weighted by molar-refractivity contribution is -0.870. The molecule has 0 aromatic heterocycles. The van der Waals surface area contributed by atoms with Crippen LogP contribution in [0, 0.1) is 0 Å². The molecule has 0 aromatic rings. The summed E-state index contributed by atoms with van der Waals surface area (Å²) in [6.45, 7) is 4.83. The van der Waals surface area contributed by atoms with Crippen LogP contribution in [0.5, 0.6) is 0 Å². The molecule has 0 aliphatic rings. The van der Waals surface area contributed by atoms with Gasteiger partial charge < -0.3 is 28.5 Å². The van der Waals surface area contributed by atoms with Crippen LogP contribution in [0.25, 0.3) is 0 Å². The van der Waals surface area contributed by atoms with Crippen LogP contribution >= 0.6 is 0 Å². The standard InChI is InChI=1S/C72H133NO8/c1-6-8-10-12-14-16-18-20-22-24-26-28-30-32-34-35-37-38-40-42-44-46-48-50-52-54-56-58-60-62-69(74)79-66-68(67-80-72(71(76)77)78-65-64-73(3,4)5)81-70(75)63-61-59-57-55-53-51-49-47-45-43-41-39-36-33-31-29-27-25-23-21-19-17-15-13-11-9-7-2/h9,11,15,17,21,23,27,29,68,72H,6-8,10,12-14,16,18-20,22,24-26,28,30-67H2,1-5H3/p+1/b11-9-,17-15-,23-21-,29-27-. The number of hydrogen-bond acceptors (Lipinski definition) is 7. The van der Waals surface area contributed by atoms with Crippen molar-refractivity contribution in [2.24, 2.45) is 0 Å². The smallest absolute Gasteiger partial charge is 0.361 e. The van der Waals surface area contributed by atoms with Crippen LogP contribution in [-0.2, 0) is 33.3 Å². The van der Waals surface area contributed by atoms with Crippen LogP contribution in [0.1, 0.15) is 335 Å². The van der Waals surface area contributed by atoms with Crippen molar-refractivity contribution in [3.63, 3.8) is 0 Å². The fraction of sp³-hybridized carbons (Fsp3) is 0.847. The highest BCUT2D eigenvalue weighted by Gasteiger charge is 2.25. The minimum absolute atomic E-state index is 0.178. The van der Waals surface area contributed by atoms with Crippen molar-refractivity contribution >= 4 is 17.9 Å². The minimum atomic E-state index is -1.51. The first-order valence-electron chi connectivity index (χ1n) is 34.8. The summed E-state index contributed by atoms with van der Waals surface area (Å²) < 4.78 is 23.0. The van der Waals surface area contributed by atoms with Crippen LogP contribution in [-0.4, -0.2) is 87.4 Å². The molecule has 474 valence electrons. The summed E-state index contributed by atoms with van der Waals surface area (Å²) in [6, 6.07) is 0. The molecule has 0 radical (unpaired) electrons. The van der Waals surface area contributed by atoms with Crippen molar-refractivity contribution in [1.82, 2.24) is 0 Å². The number of carbonyl (C=O) groups excluding carboxylic acids is 2. The van der Waals surface area contributed by atoms with Crippen LogP contribution < -0.4 is 0 Å². The van der Waals surface area contributed by atoms with Gasteiger partial charge in [0.1, 0.15) is 13.2 Å². The van der Waals surface area contributed by atoms with Gasteiger partial charge in [0, 0.05) is 12.8 Å². The zero-order valence-electron chi connectivity index (χ0n) is 54.2. The number of ether oxygens (including phenoxy) is 4. The molecule has 0 amide bonds. The van der Waals surface area contributed by atoms with Crippen molar-refractivity contribution in [2.75, 3.05) is 47.5 Å². The summed E-state index contributed by atoms with van der Waals surface area (Å²) >= 11 is 0. The molecule has 2 atom stereocenters. The van der Waals surface area contributed by atoms with E-state index in [9.17, 15) is 19.5 Å². The predicted molar refractivity (Wildman–Crippen MR) is 346 cm³/mol. The summed E-state index contributed by atoms with van der Waals surface area (Å²) in [5.74, 6) is -1.98. The molecule has 0 aliphatic carbocycles. The normalized spacial score (nSPS) is 13.0.